The van der Waals surface area contributed by atoms with E-state index in [1.165, 1.54) is 0 Å². The highest BCUT2D eigenvalue weighted by molar-refractivity contribution is 7.91. The van der Waals surface area contributed by atoms with Crippen molar-refractivity contribution in [2.45, 2.75) is 24.1 Å². The van der Waals surface area contributed by atoms with Crippen molar-refractivity contribution in [3.05, 3.63) is 18.3 Å². The van der Waals surface area contributed by atoms with Crippen LogP contribution in [0.5, 0.6) is 0 Å². The number of nitrogens with one attached hydrogen (secondary N) is 1. The average molecular weight is 173 g/mol. The van der Waals surface area contributed by atoms with Crippen molar-refractivity contribution in [1.29, 1.82) is 0 Å². The lowest BCUT2D eigenvalue weighted by Gasteiger charge is -2.03. The van der Waals surface area contributed by atoms with Crippen LogP contribution < -0.4 is 0 Å². The summed E-state index contributed by atoms with van der Waals surface area (Å²) in [5, 5.41) is -0.0614. The van der Waals surface area contributed by atoms with Gasteiger partial charge >= 0.3 is 0 Å². The number of hydrogen-bond acceptors (Lipinski definition) is 2. The lowest BCUT2D eigenvalue weighted by Crippen LogP contribution is -2.14. The van der Waals surface area contributed by atoms with E-state index in [0.717, 1.165) is 0 Å². The number of aromatic amines is 1. The molecule has 0 unspecified atom stereocenters. The topological polar surface area (TPSA) is 49.9 Å². The number of hydrogen-bond donors (Lipinski definition) is 1. The first-order valence-electron chi connectivity index (χ1n) is 3.42. The van der Waals surface area contributed by atoms with Crippen LogP contribution in [0, 0.1) is 0 Å². The molecule has 1 rings (SSSR count). The monoisotopic (exact) mass is 173 g/mol. The van der Waals surface area contributed by atoms with Crippen LogP contribution in [0.15, 0.2) is 23.4 Å². The van der Waals surface area contributed by atoms with Gasteiger partial charge in [-0.15, -0.1) is 0 Å². The molecule has 0 aliphatic carbocycles. The third-order valence-corrected chi connectivity index (χ3v) is 3.60. The van der Waals surface area contributed by atoms with Crippen LogP contribution in [0.25, 0.3) is 0 Å². The van der Waals surface area contributed by atoms with Gasteiger partial charge in [0.2, 0.25) is 0 Å². The van der Waals surface area contributed by atoms with E-state index < -0.39 is 9.84 Å². The van der Waals surface area contributed by atoms with E-state index in [0.29, 0.717) is 5.03 Å². The van der Waals surface area contributed by atoms with Gasteiger partial charge in [0.05, 0.1) is 5.25 Å². The molecule has 0 saturated carbocycles. The molecule has 1 aromatic heterocycles. The molecule has 0 radical (unpaired) electrons. The maximum absolute atomic E-state index is 11.4. The van der Waals surface area contributed by atoms with Crippen LogP contribution >= 0.6 is 0 Å². The normalized spacial score (nSPS) is 12.3. The summed E-state index contributed by atoms with van der Waals surface area (Å²) in [6, 6.07) is 3.24. The molecular weight excluding hydrogens is 162 g/mol. The lowest BCUT2D eigenvalue weighted by atomic mass is 10.6. The molecule has 3 nitrogen and oxygen atoms in total. The maximum atomic E-state index is 11.4. The molecule has 0 bridgehead atoms. The summed E-state index contributed by atoms with van der Waals surface area (Å²) in [6.07, 6.45) is 1.61. The van der Waals surface area contributed by atoms with E-state index in [-0.39, 0.29) is 5.25 Å². The van der Waals surface area contributed by atoms with Crippen LogP contribution in [-0.4, -0.2) is 18.7 Å². The van der Waals surface area contributed by atoms with Gasteiger partial charge in [0.15, 0.2) is 9.84 Å². The number of aromatic nitrogens is 1. The minimum absolute atomic E-state index is 0.299. The highest BCUT2D eigenvalue weighted by Gasteiger charge is 2.18. The Labute approximate surface area is 66.4 Å². The van der Waals surface area contributed by atoms with Crippen LogP contribution in [0.1, 0.15) is 13.8 Å². The smallest absolute Gasteiger partial charge is 0.195 e. The first kappa shape index (κ1) is 8.33. The van der Waals surface area contributed by atoms with Gasteiger partial charge < -0.3 is 4.98 Å². The van der Waals surface area contributed by atoms with E-state index in [9.17, 15) is 8.42 Å². The number of H-pyrrole nitrogens is 1. The first-order chi connectivity index (χ1) is 5.05. The summed E-state index contributed by atoms with van der Waals surface area (Å²) in [4.78, 5) is 2.67. The Morgan fingerprint density at radius 1 is 1.45 bits per heavy atom. The Kier molecular flexibility index (Phi) is 2.04. The van der Waals surface area contributed by atoms with Crippen LogP contribution in [0.3, 0.4) is 0 Å². The van der Waals surface area contributed by atoms with Gasteiger partial charge in [0.25, 0.3) is 0 Å². The third-order valence-electron chi connectivity index (χ3n) is 1.50. The van der Waals surface area contributed by atoms with Gasteiger partial charge in [-0.25, -0.2) is 8.42 Å². The van der Waals surface area contributed by atoms with E-state index in [2.05, 4.69) is 4.98 Å². The minimum Gasteiger partial charge on any atom is -0.352 e. The van der Waals surface area contributed by atoms with Crippen molar-refractivity contribution in [3.63, 3.8) is 0 Å². The van der Waals surface area contributed by atoms with Gasteiger partial charge in [-0.2, -0.15) is 0 Å². The molecule has 1 aromatic rings. The van der Waals surface area contributed by atoms with Crippen LogP contribution in [0.2, 0.25) is 0 Å². The van der Waals surface area contributed by atoms with Crippen molar-refractivity contribution in [3.8, 4) is 0 Å². The molecule has 0 amide bonds. The molecule has 0 spiro atoms. The van der Waals surface area contributed by atoms with E-state index in [1.54, 1.807) is 32.2 Å². The summed E-state index contributed by atoms with van der Waals surface area (Å²) in [5.41, 5.74) is 0. The van der Waals surface area contributed by atoms with Crippen molar-refractivity contribution in [2.24, 2.45) is 0 Å². The van der Waals surface area contributed by atoms with Crippen molar-refractivity contribution >= 4 is 9.84 Å². The summed E-state index contributed by atoms with van der Waals surface area (Å²) in [5.74, 6) is 0. The second-order valence-corrected chi connectivity index (χ2v) is 5.10. The second-order valence-electron chi connectivity index (χ2n) is 2.63. The Morgan fingerprint density at radius 2 is 2.09 bits per heavy atom. The first-order valence-corrected chi connectivity index (χ1v) is 4.97. The Bertz CT molecular complexity index is 310. The number of sulfone groups is 1. The quantitative estimate of drug-likeness (QED) is 0.730. The standard InChI is InChI=1S/C7H11NO2S/c1-6(2)11(9,10)7-4-3-5-8-7/h3-6,8H,1-2H3. The second kappa shape index (κ2) is 2.70. The SMILES string of the molecule is CC(C)S(=O)(=O)c1ccc[nH]1. The Morgan fingerprint density at radius 3 is 2.45 bits per heavy atom. The fourth-order valence-electron chi connectivity index (χ4n) is 0.745. The fraction of sp³-hybridized carbons (Fsp3) is 0.429. The summed E-state index contributed by atoms with van der Waals surface area (Å²) >= 11 is 0. The van der Waals surface area contributed by atoms with Gasteiger partial charge in [-0.05, 0) is 26.0 Å². The maximum Gasteiger partial charge on any atom is 0.195 e. The summed E-state index contributed by atoms with van der Waals surface area (Å²) < 4.78 is 22.7. The van der Waals surface area contributed by atoms with E-state index in [4.69, 9.17) is 0 Å². The van der Waals surface area contributed by atoms with Gasteiger partial charge in [-0.3, -0.25) is 0 Å². The highest BCUT2D eigenvalue weighted by atomic mass is 32.2. The highest BCUT2D eigenvalue weighted by Crippen LogP contribution is 2.12. The molecule has 1 N–H and O–H groups in total. The Balaban J connectivity index is 3.12. The molecule has 0 aliphatic rings. The zero-order valence-electron chi connectivity index (χ0n) is 6.53. The van der Waals surface area contributed by atoms with Crippen molar-refractivity contribution in [1.82, 2.24) is 4.98 Å². The van der Waals surface area contributed by atoms with E-state index in [1.807, 2.05) is 0 Å². The van der Waals surface area contributed by atoms with Crippen molar-refractivity contribution in [2.75, 3.05) is 0 Å². The number of rotatable bonds is 2. The van der Waals surface area contributed by atoms with E-state index >= 15 is 0 Å². The molecule has 62 valence electrons. The molecule has 0 atom stereocenters. The Hall–Kier alpha value is -0.770. The fourth-order valence-corrected chi connectivity index (χ4v) is 1.75. The molecule has 11 heavy (non-hydrogen) atoms. The predicted octanol–water partition coefficient (Wildman–Crippen LogP) is 1.20. The van der Waals surface area contributed by atoms with Gasteiger partial charge in [0, 0.05) is 6.20 Å². The van der Waals surface area contributed by atoms with Gasteiger partial charge in [-0.1, -0.05) is 0 Å². The predicted molar refractivity (Wildman–Crippen MR) is 43.1 cm³/mol. The van der Waals surface area contributed by atoms with Crippen LogP contribution in [0.4, 0.5) is 0 Å². The van der Waals surface area contributed by atoms with Gasteiger partial charge in [0.1, 0.15) is 5.03 Å². The summed E-state index contributed by atoms with van der Waals surface area (Å²) in [6.45, 7) is 3.33. The molecular formula is C7H11NO2S. The largest absolute Gasteiger partial charge is 0.352 e. The summed E-state index contributed by atoms with van der Waals surface area (Å²) in [7, 11) is -3.09. The molecule has 4 heteroatoms. The lowest BCUT2D eigenvalue weighted by molar-refractivity contribution is 0.584. The molecule has 0 aromatic carbocycles. The molecule has 0 saturated heterocycles. The van der Waals surface area contributed by atoms with Crippen molar-refractivity contribution < 1.29 is 8.42 Å². The minimum atomic E-state index is -3.09. The zero-order valence-corrected chi connectivity index (χ0v) is 7.35. The van der Waals surface area contributed by atoms with Crippen LogP contribution in [-0.2, 0) is 9.84 Å². The average Bonchev–Trinajstić information content (AvgIpc) is 2.37. The zero-order chi connectivity index (χ0) is 8.48. The molecule has 0 aliphatic heterocycles. The third kappa shape index (κ3) is 1.45. The molecule has 0 fully saturated rings. The molecule has 1 heterocycles.